The normalized spacial score (nSPS) is 12.5. The number of hydrogen-bond acceptors (Lipinski definition) is 4. The predicted octanol–water partition coefficient (Wildman–Crippen LogP) is 5.12. The summed E-state index contributed by atoms with van der Waals surface area (Å²) in [6, 6.07) is 18.5. The molecule has 134 valence electrons. The summed E-state index contributed by atoms with van der Waals surface area (Å²) in [5.41, 5.74) is 1.48. The van der Waals surface area contributed by atoms with Crippen molar-refractivity contribution in [1.82, 2.24) is 0 Å². The van der Waals surface area contributed by atoms with Crippen molar-refractivity contribution in [3.8, 4) is 11.5 Å². The zero-order valence-electron chi connectivity index (χ0n) is 13.9. The molecule has 0 aromatic heterocycles. The maximum absolute atomic E-state index is 13.1. The molecule has 1 aliphatic rings. The maximum Gasteiger partial charge on any atom is 0.271 e. The molecule has 4 rings (SSSR count). The average Bonchev–Trinajstić information content (AvgIpc) is 2.67. The van der Waals surface area contributed by atoms with Crippen LogP contribution in [0.3, 0.4) is 0 Å². The molecule has 27 heavy (non-hydrogen) atoms. The summed E-state index contributed by atoms with van der Waals surface area (Å²) in [5.74, 6) is 0.227. The van der Waals surface area contributed by atoms with Gasteiger partial charge in [0.05, 0.1) is 21.6 Å². The van der Waals surface area contributed by atoms with Crippen molar-refractivity contribution in [3.05, 3.63) is 93.0 Å². The van der Waals surface area contributed by atoms with Gasteiger partial charge in [0, 0.05) is 23.3 Å². The largest absolute Gasteiger partial charge is 0.457 e. The van der Waals surface area contributed by atoms with Crippen LogP contribution in [0.2, 0.25) is 5.02 Å². The van der Waals surface area contributed by atoms with Gasteiger partial charge in [0.2, 0.25) is 5.91 Å². The second-order valence-corrected chi connectivity index (χ2v) is 6.43. The van der Waals surface area contributed by atoms with E-state index < -0.39 is 10.8 Å². The molecule has 0 atom stereocenters. The molecule has 3 aromatic carbocycles. The fourth-order valence-corrected chi connectivity index (χ4v) is 3.28. The van der Waals surface area contributed by atoms with Crippen LogP contribution in [-0.4, -0.2) is 10.8 Å². The fraction of sp³-hybridized carbons (Fsp3) is 0.0500. The Bertz CT molecular complexity index is 1020. The SMILES string of the molecule is O=C(Nc1cc([N+](=O)[O-])ccc1Cl)C1c2ccccc2Oc2ccccc21. The molecule has 1 N–H and O–H groups in total. The second-order valence-electron chi connectivity index (χ2n) is 6.02. The molecule has 0 unspecified atom stereocenters. The van der Waals surface area contributed by atoms with Gasteiger partial charge in [-0.25, -0.2) is 0 Å². The van der Waals surface area contributed by atoms with Crippen LogP contribution in [0.25, 0.3) is 0 Å². The number of halogens is 1. The number of nitrogens with one attached hydrogen (secondary N) is 1. The van der Waals surface area contributed by atoms with Crippen LogP contribution in [-0.2, 0) is 4.79 Å². The summed E-state index contributed by atoms with van der Waals surface area (Å²) in [5, 5.41) is 14.0. The van der Waals surface area contributed by atoms with Gasteiger partial charge in [-0.15, -0.1) is 0 Å². The molecule has 0 bridgehead atoms. The Morgan fingerprint density at radius 1 is 1.00 bits per heavy atom. The number of non-ortho nitro benzene ring substituents is 1. The molecule has 0 saturated carbocycles. The Morgan fingerprint density at radius 2 is 1.59 bits per heavy atom. The summed E-state index contributed by atoms with van der Waals surface area (Å²) in [7, 11) is 0. The second kappa shape index (κ2) is 6.74. The lowest BCUT2D eigenvalue weighted by molar-refractivity contribution is -0.384. The summed E-state index contributed by atoms with van der Waals surface area (Å²) in [6.45, 7) is 0. The van der Waals surface area contributed by atoms with Crippen LogP contribution < -0.4 is 10.1 Å². The molecule has 1 amide bonds. The molecule has 0 spiro atoms. The molecular weight excluding hydrogens is 368 g/mol. The highest BCUT2D eigenvalue weighted by molar-refractivity contribution is 6.33. The highest BCUT2D eigenvalue weighted by Gasteiger charge is 2.32. The monoisotopic (exact) mass is 380 g/mol. The minimum absolute atomic E-state index is 0.150. The van der Waals surface area contributed by atoms with Gasteiger partial charge in [0.15, 0.2) is 0 Å². The molecule has 0 aliphatic carbocycles. The van der Waals surface area contributed by atoms with Crippen LogP contribution in [0.4, 0.5) is 11.4 Å². The average molecular weight is 381 g/mol. The van der Waals surface area contributed by atoms with Gasteiger partial charge in [-0.2, -0.15) is 0 Å². The summed E-state index contributed by atoms with van der Waals surface area (Å²) in [6.07, 6.45) is 0. The van der Waals surface area contributed by atoms with Crippen LogP contribution in [0, 0.1) is 10.1 Å². The number of carbonyl (C=O) groups is 1. The lowest BCUT2D eigenvalue weighted by atomic mass is 9.87. The molecule has 1 aliphatic heterocycles. The first-order valence-electron chi connectivity index (χ1n) is 8.15. The number of nitro benzene ring substituents is 1. The third kappa shape index (κ3) is 3.11. The summed E-state index contributed by atoms with van der Waals surface area (Å²) >= 11 is 6.12. The first-order valence-corrected chi connectivity index (χ1v) is 8.53. The Kier molecular flexibility index (Phi) is 4.25. The lowest BCUT2D eigenvalue weighted by Gasteiger charge is -2.27. The fourth-order valence-electron chi connectivity index (χ4n) is 3.12. The zero-order chi connectivity index (χ0) is 19.0. The Balaban J connectivity index is 1.75. The highest BCUT2D eigenvalue weighted by Crippen LogP contribution is 2.44. The van der Waals surface area contributed by atoms with Crippen molar-refractivity contribution in [2.75, 3.05) is 5.32 Å². The molecule has 3 aromatic rings. The van der Waals surface area contributed by atoms with Crippen molar-refractivity contribution in [1.29, 1.82) is 0 Å². The molecule has 0 saturated heterocycles. The molecule has 7 heteroatoms. The van der Waals surface area contributed by atoms with E-state index in [1.807, 2.05) is 36.4 Å². The zero-order valence-corrected chi connectivity index (χ0v) is 14.6. The quantitative estimate of drug-likeness (QED) is 0.504. The minimum Gasteiger partial charge on any atom is -0.457 e. The summed E-state index contributed by atoms with van der Waals surface area (Å²) < 4.78 is 5.89. The van der Waals surface area contributed by atoms with Crippen LogP contribution in [0.1, 0.15) is 17.0 Å². The molecule has 1 heterocycles. The lowest BCUT2D eigenvalue weighted by Crippen LogP contribution is -2.25. The Morgan fingerprint density at radius 3 is 2.19 bits per heavy atom. The number of anilines is 1. The van der Waals surface area contributed by atoms with Crippen molar-refractivity contribution < 1.29 is 14.5 Å². The van der Waals surface area contributed by atoms with Gasteiger partial charge >= 0.3 is 0 Å². The van der Waals surface area contributed by atoms with Crippen molar-refractivity contribution in [2.24, 2.45) is 0 Å². The van der Waals surface area contributed by atoms with Gasteiger partial charge in [-0.1, -0.05) is 48.0 Å². The first-order chi connectivity index (χ1) is 13.0. The summed E-state index contributed by atoms with van der Waals surface area (Å²) in [4.78, 5) is 23.6. The van der Waals surface area contributed by atoms with Gasteiger partial charge in [0.1, 0.15) is 11.5 Å². The Labute approximate surface area is 159 Å². The van der Waals surface area contributed by atoms with E-state index >= 15 is 0 Å². The van der Waals surface area contributed by atoms with Gasteiger partial charge < -0.3 is 10.1 Å². The van der Waals surface area contributed by atoms with E-state index in [1.54, 1.807) is 12.1 Å². The van der Waals surface area contributed by atoms with Crippen molar-refractivity contribution in [3.63, 3.8) is 0 Å². The number of nitro groups is 1. The number of carbonyl (C=O) groups excluding carboxylic acids is 1. The highest BCUT2D eigenvalue weighted by atomic mass is 35.5. The molecule has 0 radical (unpaired) electrons. The standard InChI is InChI=1S/C20H13ClN2O4/c21-15-10-9-12(23(25)26)11-16(15)22-20(24)19-13-5-1-3-7-17(13)27-18-8-4-2-6-14(18)19/h1-11,19H,(H,22,24). The van der Waals surface area contributed by atoms with E-state index in [9.17, 15) is 14.9 Å². The van der Waals surface area contributed by atoms with E-state index in [0.717, 1.165) is 11.1 Å². The van der Waals surface area contributed by atoms with E-state index in [2.05, 4.69) is 5.32 Å². The predicted molar refractivity (Wildman–Crippen MR) is 102 cm³/mol. The third-order valence-electron chi connectivity index (χ3n) is 4.36. The van der Waals surface area contributed by atoms with Crippen molar-refractivity contribution >= 4 is 28.9 Å². The van der Waals surface area contributed by atoms with Gasteiger partial charge in [0.25, 0.3) is 5.69 Å². The van der Waals surface area contributed by atoms with E-state index in [-0.39, 0.29) is 22.3 Å². The maximum atomic E-state index is 13.1. The number of benzene rings is 3. The minimum atomic E-state index is -0.624. The van der Waals surface area contributed by atoms with E-state index in [0.29, 0.717) is 11.5 Å². The number of rotatable bonds is 3. The van der Waals surface area contributed by atoms with Crippen LogP contribution in [0.5, 0.6) is 11.5 Å². The number of fused-ring (bicyclic) bond motifs is 2. The topological polar surface area (TPSA) is 81.5 Å². The first kappa shape index (κ1) is 17.1. The molecular formula is C20H13ClN2O4. The third-order valence-corrected chi connectivity index (χ3v) is 4.69. The van der Waals surface area contributed by atoms with E-state index in [1.165, 1.54) is 18.2 Å². The number of ether oxygens (including phenoxy) is 1. The number of amides is 1. The molecule has 0 fully saturated rings. The van der Waals surface area contributed by atoms with E-state index in [4.69, 9.17) is 16.3 Å². The number of nitrogens with zero attached hydrogens (tertiary/aromatic N) is 1. The van der Waals surface area contributed by atoms with Gasteiger partial charge in [-0.05, 0) is 18.2 Å². The van der Waals surface area contributed by atoms with Gasteiger partial charge in [-0.3, -0.25) is 14.9 Å². The Hall–Kier alpha value is -3.38. The van der Waals surface area contributed by atoms with Crippen LogP contribution in [0.15, 0.2) is 66.7 Å². The smallest absolute Gasteiger partial charge is 0.271 e. The van der Waals surface area contributed by atoms with Crippen molar-refractivity contribution in [2.45, 2.75) is 5.92 Å². The van der Waals surface area contributed by atoms with Crippen LogP contribution >= 0.6 is 11.6 Å². The number of para-hydroxylation sites is 2. The molecule has 6 nitrogen and oxygen atoms in total. The number of hydrogen-bond donors (Lipinski definition) is 1.